The molecule has 1 saturated carbocycles. The van der Waals surface area contributed by atoms with Crippen LogP contribution >= 0.6 is 0 Å². The molecule has 0 radical (unpaired) electrons. The number of phenolic OH excluding ortho intramolecular Hbond substituents is 1. The van der Waals surface area contributed by atoms with Gasteiger partial charge in [0.2, 0.25) is 0 Å². The summed E-state index contributed by atoms with van der Waals surface area (Å²) in [4.78, 5) is 26.4. The number of phenols is 1. The molecular weight excluding hydrogens is 318 g/mol. The molecule has 2 aromatic rings. The number of hydrogen-bond donors (Lipinski definition) is 1. The van der Waals surface area contributed by atoms with Crippen molar-refractivity contribution < 1.29 is 19.4 Å². The van der Waals surface area contributed by atoms with Crippen LogP contribution in [0.5, 0.6) is 5.75 Å². The highest BCUT2D eigenvalue weighted by Crippen LogP contribution is 2.59. The number of nitrogens with zero attached hydrogens (tertiary/aromatic N) is 1. The Bertz CT molecular complexity index is 852. The fourth-order valence-corrected chi connectivity index (χ4v) is 4.13. The maximum atomic E-state index is 12.8. The van der Waals surface area contributed by atoms with Gasteiger partial charge in [0.25, 0.3) is 5.91 Å². The van der Waals surface area contributed by atoms with Crippen LogP contribution in [0.1, 0.15) is 29.6 Å². The first kappa shape index (κ1) is 15.9. The van der Waals surface area contributed by atoms with Gasteiger partial charge in [-0.25, -0.2) is 0 Å². The van der Waals surface area contributed by atoms with Crippen LogP contribution in [-0.2, 0) is 9.53 Å². The maximum Gasteiger partial charge on any atom is 0.309 e. The Morgan fingerprint density at radius 2 is 1.92 bits per heavy atom. The number of piperidine rings is 1. The Labute approximate surface area is 146 Å². The number of rotatable bonds is 2. The van der Waals surface area contributed by atoms with Gasteiger partial charge < -0.3 is 14.7 Å². The molecule has 5 heteroatoms. The number of hydrogen-bond acceptors (Lipinski definition) is 4. The number of amides is 1. The Kier molecular flexibility index (Phi) is 3.67. The molecule has 2 fully saturated rings. The molecule has 4 rings (SSSR count). The van der Waals surface area contributed by atoms with Crippen LogP contribution in [0.2, 0.25) is 0 Å². The first-order chi connectivity index (χ1) is 12.0. The fraction of sp³-hybridized carbons (Fsp3) is 0.400. The zero-order chi connectivity index (χ0) is 17.6. The average Bonchev–Trinajstić information content (AvgIpc) is 3.34. The van der Waals surface area contributed by atoms with E-state index in [1.165, 1.54) is 7.11 Å². The molecule has 25 heavy (non-hydrogen) atoms. The summed E-state index contributed by atoms with van der Waals surface area (Å²) in [6, 6.07) is 10.9. The molecular formula is C20H21NO4. The molecule has 0 bridgehead atoms. The Morgan fingerprint density at radius 3 is 2.64 bits per heavy atom. The predicted octanol–water partition coefficient (Wildman–Crippen LogP) is 2.96. The van der Waals surface area contributed by atoms with Gasteiger partial charge >= 0.3 is 5.97 Å². The molecule has 1 spiro atoms. The summed E-state index contributed by atoms with van der Waals surface area (Å²) in [5, 5.41) is 11.8. The third-order valence-corrected chi connectivity index (χ3v) is 5.81. The van der Waals surface area contributed by atoms with Gasteiger partial charge in [-0.2, -0.15) is 0 Å². The second kappa shape index (κ2) is 5.76. The number of fused-ring (bicyclic) bond motifs is 1. The van der Waals surface area contributed by atoms with E-state index in [0.29, 0.717) is 18.7 Å². The topological polar surface area (TPSA) is 66.8 Å². The number of carbonyl (C=O) groups excluding carboxylic acids is 2. The van der Waals surface area contributed by atoms with Crippen molar-refractivity contribution in [3.8, 4) is 5.75 Å². The molecule has 1 heterocycles. The van der Waals surface area contributed by atoms with E-state index in [1.54, 1.807) is 6.07 Å². The van der Waals surface area contributed by atoms with E-state index in [9.17, 15) is 14.7 Å². The van der Waals surface area contributed by atoms with Crippen molar-refractivity contribution in [3.63, 3.8) is 0 Å². The lowest BCUT2D eigenvalue weighted by molar-refractivity contribution is -0.143. The number of benzene rings is 2. The lowest BCUT2D eigenvalue weighted by Gasteiger charge is -2.32. The molecule has 5 nitrogen and oxygen atoms in total. The van der Waals surface area contributed by atoms with Crippen molar-refractivity contribution in [3.05, 3.63) is 42.0 Å². The summed E-state index contributed by atoms with van der Waals surface area (Å²) in [5.74, 6) is -0.0623. The van der Waals surface area contributed by atoms with Crippen LogP contribution in [0.15, 0.2) is 36.4 Å². The summed E-state index contributed by atoms with van der Waals surface area (Å²) in [5.41, 5.74) is 0.544. The third kappa shape index (κ3) is 2.64. The van der Waals surface area contributed by atoms with E-state index in [1.807, 2.05) is 35.2 Å². The van der Waals surface area contributed by atoms with E-state index in [2.05, 4.69) is 0 Å². The van der Waals surface area contributed by atoms with Gasteiger partial charge in [0, 0.05) is 24.0 Å². The van der Waals surface area contributed by atoms with E-state index in [0.717, 1.165) is 30.0 Å². The van der Waals surface area contributed by atoms with Crippen LogP contribution in [-0.4, -0.2) is 42.1 Å². The van der Waals surface area contributed by atoms with Gasteiger partial charge in [0.05, 0.1) is 13.0 Å². The van der Waals surface area contributed by atoms with Gasteiger partial charge in [0.1, 0.15) is 5.75 Å². The van der Waals surface area contributed by atoms with Crippen LogP contribution in [0, 0.1) is 11.3 Å². The monoisotopic (exact) mass is 339 g/mol. The molecule has 1 aliphatic carbocycles. The quantitative estimate of drug-likeness (QED) is 0.854. The molecule has 130 valence electrons. The van der Waals surface area contributed by atoms with E-state index in [-0.39, 0.29) is 29.0 Å². The Hall–Kier alpha value is -2.56. The highest BCUT2D eigenvalue weighted by atomic mass is 16.5. The van der Waals surface area contributed by atoms with E-state index < -0.39 is 0 Å². The van der Waals surface area contributed by atoms with Crippen molar-refractivity contribution in [1.82, 2.24) is 4.90 Å². The van der Waals surface area contributed by atoms with Crippen molar-refractivity contribution in [1.29, 1.82) is 0 Å². The van der Waals surface area contributed by atoms with Crippen LogP contribution in [0.4, 0.5) is 0 Å². The van der Waals surface area contributed by atoms with Crippen LogP contribution in [0.3, 0.4) is 0 Å². The summed E-state index contributed by atoms with van der Waals surface area (Å²) < 4.78 is 4.85. The molecule has 0 unspecified atom stereocenters. The minimum absolute atomic E-state index is 0.000495. The minimum atomic E-state index is -0.126. The van der Waals surface area contributed by atoms with Gasteiger partial charge in [-0.15, -0.1) is 0 Å². The van der Waals surface area contributed by atoms with Crippen LogP contribution in [0.25, 0.3) is 10.8 Å². The summed E-state index contributed by atoms with van der Waals surface area (Å²) in [7, 11) is 1.43. The molecule has 1 amide bonds. The fourth-order valence-electron chi connectivity index (χ4n) is 4.13. The predicted molar refractivity (Wildman–Crippen MR) is 93.3 cm³/mol. The largest absolute Gasteiger partial charge is 0.507 e. The van der Waals surface area contributed by atoms with Crippen LogP contribution < -0.4 is 0 Å². The SMILES string of the molecule is COC(=O)[C@H]1CC12CCN(C(=O)c1cc(O)c3ccccc3c1)CC2. The number of aromatic hydroxyl groups is 1. The molecule has 1 aliphatic heterocycles. The first-order valence-electron chi connectivity index (χ1n) is 8.63. The first-order valence-corrected chi connectivity index (χ1v) is 8.63. The second-order valence-electron chi connectivity index (χ2n) is 7.15. The molecule has 0 aromatic heterocycles. The van der Waals surface area contributed by atoms with E-state index in [4.69, 9.17) is 4.74 Å². The summed E-state index contributed by atoms with van der Waals surface area (Å²) >= 11 is 0. The molecule has 1 atom stereocenters. The number of ether oxygens (including phenoxy) is 1. The second-order valence-corrected chi connectivity index (χ2v) is 7.15. The smallest absolute Gasteiger partial charge is 0.309 e. The molecule has 1 saturated heterocycles. The number of carbonyl (C=O) groups is 2. The molecule has 2 aromatic carbocycles. The number of methoxy groups -OCH3 is 1. The lowest BCUT2D eigenvalue weighted by Crippen LogP contribution is -2.40. The van der Waals surface area contributed by atoms with Crippen molar-refractivity contribution in [2.24, 2.45) is 11.3 Å². The van der Waals surface area contributed by atoms with Gasteiger partial charge in [-0.3, -0.25) is 9.59 Å². The lowest BCUT2D eigenvalue weighted by atomic mass is 9.90. The van der Waals surface area contributed by atoms with Gasteiger partial charge in [0.15, 0.2) is 0 Å². The average molecular weight is 339 g/mol. The normalized spacial score (nSPS) is 21.3. The minimum Gasteiger partial charge on any atom is -0.507 e. The zero-order valence-corrected chi connectivity index (χ0v) is 14.2. The third-order valence-electron chi connectivity index (χ3n) is 5.81. The van der Waals surface area contributed by atoms with Crippen molar-refractivity contribution >= 4 is 22.6 Å². The zero-order valence-electron chi connectivity index (χ0n) is 14.2. The van der Waals surface area contributed by atoms with E-state index >= 15 is 0 Å². The molecule has 1 N–H and O–H groups in total. The highest BCUT2D eigenvalue weighted by molar-refractivity contribution is 6.00. The Balaban J connectivity index is 1.49. The standard InChI is InChI=1S/C20H21NO4/c1-25-19(24)16-12-20(16)6-8-21(9-7-20)18(23)14-10-13-4-2-3-5-15(13)17(22)11-14/h2-5,10-11,16,22H,6-9,12H2,1H3/t16-/m1/s1. The van der Waals surface area contributed by atoms with Crippen molar-refractivity contribution in [2.75, 3.05) is 20.2 Å². The molecule has 2 aliphatic rings. The summed E-state index contributed by atoms with van der Waals surface area (Å²) in [6.07, 6.45) is 2.54. The highest BCUT2D eigenvalue weighted by Gasteiger charge is 2.59. The number of likely N-dealkylation sites (tertiary alicyclic amines) is 1. The summed E-state index contributed by atoms with van der Waals surface area (Å²) in [6.45, 7) is 1.28. The van der Waals surface area contributed by atoms with Gasteiger partial charge in [-0.05, 0) is 42.2 Å². The maximum absolute atomic E-state index is 12.8. The van der Waals surface area contributed by atoms with Crippen molar-refractivity contribution in [2.45, 2.75) is 19.3 Å². The Morgan fingerprint density at radius 1 is 1.20 bits per heavy atom. The van der Waals surface area contributed by atoms with Gasteiger partial charge in [-0.1, -0.05) is 24.3 Å². The number of esters is 1.